The van der Waals surface area contributed by atoms with Crippen molar-refractivity contribution < 1.29 is 14.3 Å². The van der Waals surface area contributed by atoms with E-state index in [1.165, 1.54) is 6.20 Å². The van der Waals surface area contributed by atoms with E-state index >= 15 is 4.39 Å². The van der Waals surface area contributed by atoms with Crippen LogP contribution in [0.4, 0.5) is 15.9 Å². The van der Waals surface area contributed by atoms with Crippen molar-refractivity contribution in [2.24, 2.45) is 0 Å². The summed E-state index contributed by atoms with van der Waals surface area (Å²) in [6, 6.07) is 6.47. The summed E-state index contributed by atoms with van der Waals surface area (Å²) in [6.07, 6.45) is 3.76. The molecule has 5 rings (SSSR count). The zero-order valence-corrected chi connectivity index (χ0v) is 18.3. The summed E-state index contributed by atoms with van der Waals surface area (Å²) in [6.45, 7) is 1.04. The van der Waals surface area contributed by atoms with E-state index in [2.05, 4.69) is 10.3 Å². The van der Waals surface area contributed by atoms with Crippen LogP contribution in [0.5, 0.6) is 0 Å². The van der Waals surface area contributed by atoms with Gasteiger partial charge >= 0.3 is 5.97 Å². The van der Waals surface area contributed by atoms with Gasteiger partial charge < -0.3 is 19.9 Å². The molecular weight excluding hydrogens is 458 g/mol. The van der Waals surface area contributed by atoms with E-state index in [-0.39, 0.29) is 33.7 Å². The Labute approximate surface area is 192 Å². The second-order valence-electron chi connectivity index (χ2n) is 8.15. The number of nitrogens with one attached hydrogen (secondary N) is 1. The normalized spacial score (nSPS) is 18.3. The van der Waals surface area contributed by atoms with Gasteiger partial charge in [0.2, 0.25) is 5.43 Å². The van der Waals surface area contributed by atoms with Crippen LogP contribution in [0.1, 0.15) is 35.7 Å². The number of aromatic carboxylic acids is 1. The first kappa shape index (κ1) is 21.0. The monoisotopic (exact) mass is 476 g/mol. The maximum Gasteiger partial charge on any atom is 0.341 e. The number of hydrogen-bond donors (Lipinski definition) is 2. The lowest BCUT2D eigenvalue weighted by Crippen LogP contribution is -2.27. The van der Waals surface area contributed by atoms with Crippen LogP contribution >= 0.6 is 23.2 Å². The molecule has 166 valence electrons. The zero-order chi connectivity index (χ0) is 22.6. The van der Waals surface area contributed by atoms with Crippen LogP contribution in [-0.2, 0) is 0 Å². The molecule has 1 aliphatic carbocycles. The number of aromatic nitrogens is 2. The fraction of sp³-hybridized carbons (Fsp3) is 0.318. The summed E-state index contributed by atoms with van der Waals surface area (Å²) in [5, 5.41) is 13.2. The molecule has 3 aromatic rings. The van der Waals surface area contributed by atoms with Gasteiger partial charge in [-0.25, -0.2) is 14.2 Å². The van der Waals surface area contributed by atoms with Gasteiger partial charge in [0.15, 0.2) is 0 Å². The molecule has 10 heteroatoms. The molecular formula is C22H19Cl2FN4O3. The van der Waals surface area contributed by atoms with Gasteiger partial charge in [-0.2, -0.15) is 0 Å². The minimum absolute atomic E-state index is 0.00661. The number of hydrogen-bond acceptors (Lipinski definition) is 5. The third-order valence-electron chi connectivity index (χ3n) is 5.93. The van der Waals surface area contributed by atoms with Crippen LogP contribution in [0.2, 0.25) is 10.2 Å². The first-order valence-electron chi connectivity index (χ1n) is 10.3. The summed E-state index contributed by atoms with van der Waals surface area (Å²) < 4.78 is 16.9. The van der Waals surface area contributed by atoms with Crippen molar-refractivity contribution in [2.45, 2.75) is 31.3 Å². The van der Waals surface area contributed by atoms with Crippen LogP contribution in [0, 0.1) is 5.82 Å². The number of carboxylic acids is 1. The van der Waals surface area contributed by atoms with Gasteiger partial charge in [-0.3, -0.25) is 4.79 Å². The number of rotatable bonds is 5. The molecule has 1 aliphatic heterocycles. The summed E-state index contributed by atoms with van der Waals surface area (Å²) in [5.41, 5.74) is -0.510. The van der Waals surface area contributed by atoms with E-state index in [0.717, 1.165) is 25.3 Å². The summed E-state index contributed by atoms with van der Waals surface area (Å²) in [5.74, 6) is -1.35. The third kappa shape index (κ3) is 3.67. The highest BCUT2D eigenvalue weighted by molar-refractivity contribution is 6.38. The summed E-state index contributed by atoms with van der Waals surface area (Å²) in [4.78, 5) is 30.3. The number of carbonyl (C=O) groups is 1. The number of pyridine rings is 2. The van der Waals surface area contributed by atoms with Gasteiger partial charge in [-0.1, -0.05) is 29.3 Å². The number of benzene rings is 1. The van der Waals surface area contributed by atoms with Crippen LogP contribution in [-0.4, -0.2) is 39.8 Å². The van der Waals surface area contributed by atoms with Crippen LogP contribution in [0.15, 0.2) is 35.3 Å². The molecule has 2 N–H and O–H groups in total. The lowest BCUT2D eigenvalue weighted by atomic mass is 10.1. The van der Waals surface area contributed by atoms with Gasteiger partial charge in [-0.15, -0.1) is 0 Å². The predicted molar refractivity (Wildman–Crippen MR) is 122 cm³/mol. The second-order valence-corrected chi connectivity index (χ2v) is 8.92. The van der Waals surface area contributed by atoms with Crippen molar-refractivity contribution in [2.75, 3.05) is 23.3 Å². The fourth-order valence-corrected chi connectivity index (χ4v) is 4.87. The smallest absolute Gasteiger partial charge is 0.341 e. The van der Waals surface area contributed by atoms with Crippen molar-refractivity contribution in [3.8, 4) is 0 Å². The molecule has 1 unspecified atom stereocenters. The largest absolute Gasteiger partial charge is 0.477 e. The Morgan fingerprint density at radius 1 is 1.25 bits per heavy atom. The maximum atomic E-state index is 15.2. The van der Waals surface area contributed by atoms with Gasteiger partial charge in [-0.05, 0) is 37.5 Å². The molecule has 2 aromatic heterocycles. The average molecular weight is 477 g/mol. The van der Waals surface area contributed by atoms with Crippen LogP contribution < -0.4 is 15.6 Å². The predicted octanol–water partition coefficient (Wildman–Crippen LogP) is 4.57. The Balaban J connectivity index is 1.54. The van der Waals surface area contributed by atoms with Crippen molar-refractivity contribution >= 4 is 51.6 Å². The molecule has 0 bridgehead atoms. The first-order valence-corrected chi connectivity index (χ1v) is 11.0. The number of nitrogens with zero attached hydrogens (tertiary/aromatic N) is 3. The minimum Gasteiger partial charge on any atom is -0.477 e. The quantitative estimate of drug-likeness (QED) is 0.524. The lowest BCUT2D eigenvalue weighted by Gasteiger charge is -2.23. The molecule has 7 nitrogen and oxygen atoms in total. The molecule has 2 fully saturated rings. The maximum absolute atomic E-state index is 15.2. The van der Waals surface area contributed by atoms with E-state index in [1.807, 2.05) is 11.0 Å². The number of fused-ring (bicyclic) bond motifs is 1. The highest BCUT2D eigenvalue weighted by Crippen LogP contribution is 2.42. The Morgan fingerprint density at radius 3 is 2.72 bits per heavy atom. The topological polar surface area (TPSA) is 87.5 Å². The van der Waals surface area contributed by atoms with E-state index in [0.29, 0.717) is 29.6 Å². The SMILES string of the molecule is O=C(O)c1cn(C2CC2)c2c(Cl)c(N3CCC(Nc4cccc(Cl)n4)C3)c(F)cc2c1=O. The Kier molecular flexibility index (Phi) is 5.22. The number of halogens is 3. The molecule has 0 radical (unpaired) electrons. The summed E-state index contributed by atoms with van der Waals surface area (Å²) >= 11 is 12.6. The standard InChI is InChI=1S/C22H19Cl2FN4O3/c23-16-2-1-3-17(27-16)26-11-6-7-28(9-11)20-15(25)8-13-19(18(20)24)29(12-4-5-12)10-14(21(13)30)22(31)32/h1-3,8,10-12H,4-7,9H2,(H,26,27)(H,31,32). The Bertz CT molecular complexity index is 1310. The van der Waals surface area contributed by atoms with Crippen molar-refractivity contribution in [1.82, 2.24) is 9.55 Å². The molecule has 0 spiro atoms. The molecule has 2 aliphatic rings. The van der Waals surface area contributed by atoms with Crippen molar-refractivity contribution in [3.63, 3.8) is 0 Å². The van der Waals surface area contributed by atoms with E-state index in [1.54, 1.807) is 16.7 Å². The highest BCUT2D eigenvalue weighted by atomic mass is 35.5. The van der Waals surface area contributed by atoms with Crippen LogP contribution in [0.25, 0.3) is 10.9 Å². The fourth-order valence-electron chi connectivity index (χ4n) is 4.29. The number of carboxylic acid groups (broad SMARTS) is 1. The van der Waals surface area contributed by atoms with E-state index < -0.39 is 17.2 Å². The van der Waals surface area contributed by atoms with Crippen molar-refractivity contribution in [3.05, 3.63) is 62.2 Å². The number of anilines is 2. The molecule has 1 saturated carbocycles. The average Bonchev–Trinajstić information content (AvgIpc) is 3.48. The Hall–Kier alpha value is -2.84. The molecule has 32 heavy (non-hydrogen) atoms. The third-order valence-corrected chi connectivity index (χ3v) is 6.49. The minimum atomic E-state index is -1.34. The zero-order valence-electron chi connectivity index (χ0n) is 16.8. The molecule has 1 aromatic carbocycles. The van der Waals surface area contributed by atoms with Crippen LogP contribution in [0.3, 0.4) is 0 Å². The molecule has 1 atom stereocenters. The van der Waals surface area contributed by atoms with Gasteiger partial charge in [0.1, 0.15) is 22.4 Å². The summed E-state index contributed by atoms with van der Waals surface area (Å²) in [7, 11) is 0. The van der Waals surface area contributed by atoms with Gasteiger partial charge in [0.05, 0.1) is 21.6 Å². The van der Waals surface area contributed by atoms with E-state index in [9.17, 15) is 14.7 Å². The molecule has 3 heterocycles. The molecule has 0 amide bonds. The first-order chi connectivity index (χ1) is 15.3. The molecule has 1 saturated heterocycles. The van der Waals surface area contributed by atoms with E-state index in [4.69, 9.17) is 23.2 Å². The van der Waals surface area contributed by atoms with Gasteiger partial charge in [0, 0.05) is 31.4 Å². The lowest BCUT2D eigenvalue weighted by molar-refractivity contribution is 0.0695. The second kappa shape index (κ2) is 7.94. The Morgan fingerprint density at radius 2 is 2.03 bits per heavy atom. The highest BCUT2D eigenvalue weighted by Gasteiger charge is 2.32. The van der Waals surface area contributed by atoms with Crippen molar-refractivity contribution in [1.29, 1.82) is 0 Å². The van der Waals surface area contributed by atoms with Gasteiger partial charge in [0.25, 0.3) is 0 Å².